The minimum Gasteiger partial charge on any atom is -0.322 e. The number of sulfonamides is 1. The zero-order valence-corrected chi connectivity index (χ0v) is 16.2. The molecule has 0 unspecified atom stereocenters. The molecule has 2 aromatic carbocycles. The molecule has 0 aliphatic carbocycles. The Kier molecular flexibility index (Phi) is 6.13. The fourth-order valence-electron chi connectivity index (χ4n) is 2.80. The smallest absolute Gasteiger partial charge is 0.322 e. The Morgan fingerprint density at radius 1 is 1.00 bits per heavy atom. The fourth-order valence-corrected chi connectivity index (χ4v) is 4.13. The molecule has 1 aliphatic heterocycles. The van der Waals surface area contributed by atoms with Gasteiger partial charge in [-0.25, -0.2) is 0 Å². The number of amidine groups is 1. The van der Waals surface area contributed by atoms with Crippen LogP contribution in [0.4, 0.5) is 5.69 Å². The van der Waals surface area contributed by atoms with Crippen molar-refractivity contribution in [3.8, 4) is 0 Å². The third kappa shape index (κ3) is 5.08. The molecule has 0 fully saturated rings. The van der Waals surface area contributed by atoms with Crippen molar-refractivity contribution in [2.75, 3.05) is 11.9 Å². The predicted molar refractivity (Wildman–Crippen MR) is 105 cm³/mol. The minimum atomic E-state index is -3.66. The first-order valence-electron chi connectivity index (χ1n) is 8.74. The lowest BCUT2D eigenvalue weighted by Gasteiger charge is -2.08. The monoisotopic (exact) mass is 406 g/mol. The highest BCUT2D eigenvalue weighted by Crippen LogP contribution is 2.19. The topological polar surface area (TPSA) is 89.2 Å². The number of anilines is 1. The summed E-state index contributed by atoms with van der Waals surface area (Å²) in [6, 6.07) is 12.7. The van der Waals surface area contributed by atoms with Gasteiger partial charge in [-0.15, -0.1) is 0 Å². The molecule has 1 heterocycles. The molecule has 0 spiro atoms. The van der Waals surface area contributed by atoms with E-state index in [9.17, 15) is 13.2 Å². The summed E-state index contributed by atoms with van der Waals surface area (Å²) in [5.74, 6) is 0.274. The summed E-state index contributed by atoms with van der Waals surface area (Å²) in [6.45, 7) is 0.769. The Morgan fingerprint density at radius 2 is 1.74 bits per heavy atom. The van der Waals surface area contributed by atoms with E-state index >= 15 is 0 Å². The van der Waals surface area contributed by atoms with Gasteiger partial charge in [0.2, 0.25) is 0 Å². The van der Waals surface area contributed by atoms with Crippen molar-refractivity contribution in [3.05, 3.63) is 59.1 Å². The van der Waals surface area contributed by atoms with Gasteiger partial charge in [-0.05, 0) is 55.7 Å². The van der Waals surface area contributed by atoms with Crippen LogP contribution in [-0.2, 0) is 10.0 Å². The van der Waals surface area contributed by atoms with Crippen LogP contribution in [0.3, 0.4) is 0 Å². The molecular formula is C19H21ClN3O3S+. The van der Waals surface area contributed by atoms with Gasteiger partial charge in [0, 0.05) is 12.1 Å². The van der Waals surface area contributed by atoms with E-state index in [1.165, 1.54) is 12.1 Å². The minimum absolute atomic E-state index is 0.136. The summed E-state index contributed by atoms with van der Waals surface area (Å²) >= 11 is 6.02. The Hall–Kier alpha value is -2.38. The van der Waals surface area contributed by atoms with E-state index in [0.717, 1.165) is 25.8 Å². The van der Waals surface area contributed by atoms with E-state index in [0.29, 0.717) is 28.5 Å². The van der Waals surface area contributed by atoms with E-state index < -0.39 is 10.0 Å². The number of benzene rings is 2. The lowest BCUT2D eigenvalue weighted by molar-refractivity contribution is -0.459. The molecule has 27 heavy (non-hydrogen) atoms. The SMILES string of the molecule is O=C(Nc1ccc(S(=O)(=O)NC2=[NH+]CCCCC2)cc1)c1ccccc1Cl. The Labute approximate surface area is 163 Å². The molecule has 3 rings (SSSR count). The zero-order valence-electron chi connectivity index (χ0n) is 14.7. The van der Waals surface area contributed by atoms with Gasteiger partial charge in [0.1, 0.15) is 4.90 Å². The molecule has 1 aliphatic rings. The average molecular weight is 407 g/mol. The first-order chi connectivity index (χ1) is 13.0. The van der Waals surface area contributed by atoms with E-state index in [2.05, 4.69) is 15.0 Å². The molecule has 0 saturated heterocycles. The highest BCUT2D eigenvalue weighted by molar-refractivity contribution is 7.90. The molecule has 3 N–H and O–H groups in total. The first kappa shape index (κ1) is 19.4. The molecule has 8 heteroatoms. The molecular weight excluding hydrogens is 386 g/mol. The van der Waals surface area contributed by atoms with Crippen LogP contribution in [0.2, 0.25) is 5.02 Å². The number of amides is 1. The molecule has 0 aromatic heterocycles. The van der Waals surface area contributed by atoms with E-state index in [1.807, 2.05) is 0 Å². The fraction of sp³-hybridized carbons (Fsp3) is 0.263. The molecule has 2 aromatic rings. The van der Waals surface area contributed by atoms with Gasteiger partial charge in [-0.2, -0.15) is 13.1 Å². The summed E-state index contributed by atoms with van der Waals surface area (Å²) < 4.78 is 27.7. The van der Waals surface area contributed by atoms with Crippen LogP contribution in [0.15, 0.2) is 53.4 Å². The summed E-state index contributed by atoms with van der Waals surface area (Å²) in [4.78, 5) is 15.5. The molecule has 6 nitrogen and oxygen atoms in total. The highest BCUT2D eigenvalue weighted by atomic mass is 35.5. The van der Waals surface area contributed by atoms with Crippen molar-refractivity contribution in [2.24, 2.45) is 0 Å². The maximum atomic E-state index is 12.5. The largest absolute Gasteiger partial charge is 0.328 e. The highest BCUT2D eigenvalue weighted by Gasteiger charge is 2.23. The van der Waals surface area contributed by atoms with E-state index in [4.69, 9.17) is 11.6 Å². The van der Waals surface area contributed by atoms with Crippen molar-refractivity contribution in [2.45, 2.75) is 30.6 Å². The van der Waals surface area contributed by atoms with Gasteiger partial charge in [-0.3, -0.25) is 9.79 Å². The zero-order chi connectivity index (χ0) is 19.3. The third-order valence-electron chi connectivity index (χ3n) is 4.24. The van der Waals surface area contributed by atoms with Crippen molar-refractivity contribution in [1.29, 1.82) is 0 Å². The molecule has 0 atom stereocenters. The standard InChI is InChI=1S/C19H20ClN3O3S/c20-17-7-4-3-6-16(17)19(24)22-14-9-11-15(12-10-14)27(25,26)23-18-8-2-1-5-13-21-18/h3-4,6-7,9-12H,1-2,5,8,13H2,(H,21,23)(H,22,24)/p+1. The van der Waals surface area contributed by atoms with E-state index in [-0.39, 0.29) is 10.8 Å². The summed E-state index contributed by atoms with van der Waals surface area (Å²) in [7, 11) is -3.66. The van der Waals surface area contributed by atoms with Gasteiger partial charge in [-0.1, -0.05) is 23.7 Å². The number of carbonyl (C=O) groups excluding carboxylic acids is 1. The quantitative estimate of drug-likeness (QED) is 0.724. The summed E-state index contributed by atoms with van der Waals surface area (Å²) in [6.07, 6.45) is 3.76. The van der Waals surface area contributed by atoms with Crippen LogP contribution in [-0.4, -0.2) is 26.7 Å². The predicted octanol–water partition coefficient (Wildman–Crippen LogP) is 1.92. The second-order valence-corrected chi connectivity index (χ2v) is 8.37. The second kappa shape index (κ2) is 8.54. The van der Waals surface area contributed by atoms with Crippen LogP contribution < -0.4 is 15.0 Å². The Balaban J connectivity index is 1.70. The van der Waals surface area contributed by atoms with Gasteiger partial charge < -0.3 is 5.32 Å². The van der Waals surface area contributed by atoms with Crippen LogP contribution in [0, 0.1) is 0 Å². The number of hydrogen-bond donors (Lipinski definition) is 3. The van der Waals surface area contributed by atoms with Crippen LogP contribution in [0.5, 0.6) is 0 Å². The molecule has 0 bridgehead atoms. The van der Waals surface area contributed by atoms with Crippen LogP contribution in [0.25, 0.3) is 0 Å². The van der Waals surface area contributed by atoms with Crippen LogP contribution >= 0.6 is 11.6 Å². The van der Waals surface area contributed by atoms with Crippen molar-refractivity contribution in [1.82, 2.24) is 4.72 Å². The van der Waals surface area contributed by atoms with E-state index in [1.54, 1.807) is 36.4 Å². The van der Waals surface area contributed by atoms with Gasteiger partial charge in [0.05, 0.1) is 17.1 Å². The van der Waals surface area contributed by atoms with Crippen LogP contribution in [0.1, 0.15) is 36.0 Å². The second-order valence-electron chi connectivity index (χ2n) is 6.28. The lowest BCUT2D eigenvalue weighted by atomic mass is 10.2. The molecule has 142 valence electrons. The van der Waals surface area contributed by atoms with Gasteiger partial charge in [0.15, 0.2) is 0 Å². The van der Waals surface area contributed by atoms with Crippen molar-refractivity contribution in [3.63, 3.8) is 0 Å². The average Bonchev–Trinajstić information content (AvgIpc) is 2.90. The number of rotatable bonds is 4. The number of hydrogen-bond acceptors (Lipinski definition) is 3. The molecule has 0 saturated carbocycles. The number of carbonyl (C=O) groups is 1. The normalized spacial score (nSPS) is 14.8. The summed E-state index contributed by atoms with van der Waals surface area (Å²) in [5.41, 5.74) is 0.840. The Morgan fingerprint density at radius 3 is 2.48 bits per heavy atom. The summed E-state index contributed by atoms with van der Waals surface area (Å²) in [5, 5.41) is 3.06. The molecule has 0 radical (unpaired) electrons. The number of nitrogens with one attached hydrogen (secondary N) is 3. The number of halogens is 1. The first-order valence-corrected chi connectivity index (χ1v) is 10.6. The van der Waals surface area contributed by atoms with Crippen molar-refractivity contribution >= 4 is 39.1 Å². The maximum absolute atomic E-state index is 12.5. The maximum Gasteiger partial charge on any atom is 0.328 e. The van der Waals surface area contributed by atoms with Gasteiger partial charge in [0.25, 0.3) is 11.7 Å². The lowest BCUT2D eigenvalue weighted by Crippen LogP contribution is -2.76. The van der Waals surface area contributed by atoms with Gasteiger partial charge >= 0.3 is 10.0 Å². The van der Waals surface area contributed by atoms with Crippen molar-refractivity contribution < 1.29 is 18.2 Å². The molecule has 1 amide bonds. The Bertz CT molecular complexity index is 956. The third-order valence-corrected chi connectivity index (χ3v) is 5.98.